The molecule has 29 heavy (non-hydrogen) atoms. The minimum absolute atomic E-state index is 0.0706. The lowest BCUT2D eigenvalue weighted by molar-refractivity contribution is -0.143. The quantitative estimate of drug-likeness (QED) is 0.719. The molecule has 0 heterocycles. The van der Waals surface area contributed by atoms with E-state index in [1.807, 2.05) is 0 Å². The molecule has 0 aliphatic rings. The zero-order chi connectivity index (χ0) is 21.6. The fourth-order valence-electron chi connectivity index (χ4n) is 2.62. The summed E-state index contributed by atoms with van der Waals surface area (Å²) in [7, 11) is 1.14. The molecule has 0 saturated carbocycles. The number of anilines is 1. The number of esters is 1. The average molecular weight is 408 g/mol. The van der Waals surface area contributed by atoms with E-state index in [0.717, 1.165) is 19.2 Å². The van der Waals surface area contributed by atoms with E-state index in [1.54, 1.807) is 12.1 Å². The van der Waals surface area contributed by atoms with E-state index >= 15 is 0 Å². The van der Waals surface area contributed by atoms with Crippen molar-refractivity contribution in [1.29, 1.82) is 0 Å². The van der Waals surface area contributed by atoms with Crippen LogP contribution in [-0.4, -0.2) is 30.9 Å². The minimum Gasteiger partial charge on any atom is -0.467 e. The van der Waals surface area contributed by atoms with Crippen LogP contribution in [0.25, 0.3) is 0 Å². The highest BCUT2D eigenvalue weighted by molar-refractivity contribution is 6.04. The van der Waals surface area contributed by atoms with E-state index in [9.17, 15) is 27.6 Å². The summed E-state index contributed by atoms with van der Waals surface area (Å²) in [6, 6.07) is 9.34. The predicted molar refractivity (Wildman–Crippen MR) is 99.2 cm³/mol. The molecule has 2 aromatic rings. The van der Waals surface area contributed by atoms with Crippen LogP contribution < -0.4 is 10.6 Å². The van der Waals surface area contributed by atoms with E-state index in [1.165, 1.54) is 31.2 Å². The first kappa shape index (κ1) is 21.9. The third-order valence-corrected chi connectivity index (χ3v) is 3.99. The van der Waals surface area contributed by atoms with Gasteiger partial charge in [0.05, 0.1) is 23.9 Å². The lowest BCUT2D eigenvalue weighted by atomic mass is 10.0. The van der Waals surface area contributed by atoms with E-state index in [4.69, 9.17) is 4.74 Å². The van der Waals surface area contributed by atoms with E-state index < -0.39 is 29.7 Å². The fraction of sp³-hybridized carbons (Fsp3) is 0.250. The number of alkyl halides is 3. The van der Waals surface area contributed by atoms with Crippen molar-refractivity contribution in [2.24, 2.45) is 0 Å². The molecule has 6 nitrogen and oxygen atoms in total. The molecule has 0 aliphatic heterocycles. The number of nitrogens with one attached hydrogen (secondary N) is 2. The second-order valence-corrected chi connectivity index (χ2v) is 6.17. The van der Waals surface area contributed by atoms with Gasteiger partial charge in [-0.2, -0.15) is 13.2 Å². The Balaban J connectivity index is 2.20. The largest absolute Gasteiger partial charge is 0.467 e. The highest BCUT2D eigenvalue weighted by Gasteiger charge is 2.30. The van der Waals surface area contributed by atoms with Crippen molar-refractivity contribution >= 4 is 23.5 Å². The van der Waals surface area contributed by atoms with Crippen LogP contribution in [0.3, 0.4) is 0 Å². The molecule has 0 saturated heterocycles. The molecular formula is C20H19F3N2O4. The van der Waals surface area contributed by atoms with Gasteiger partial charge in [-0.25, -0.2) is 4.79 Å². The Hall–Kier alpha value is -3.36. The standard InChI is InChI=1S/C20H19F3N2O4/c1-12(26)24-16-6-4-3-5-15(16)18(27)25-17(19(28)29-2)11-13-7-9-14(10-8-13)20(21,22)23/h3-10,17H,11H2,1-2H3,(H,24,26)(H,25,27)/t17-/m0/s1. The molecule has 0 aromatic heterocycles. The van der Waals surface area contributed by atoms with Gasteiger partial charge in [0, 0.05) is 13.3 Å². The predicted octanol–water partition coefficient (Wildman–Crippen LogP) is 3.18. The highest BCUT2D eigenvalue weighted by Crippen LogP contribution is 2.29. The lowest BCUT2D eigenvalue weighted by Crippen LogP contribution is -2.43. The van der Waals surface area contributed by atoms with Gasteiger partial charge in [-0.1, -0.05) is 24.3 Å². The van der Waals surface area contributed by atoms with Crippen LogP contribution in [0.1, 0.15) is 28.4 Å². The molecule has 0 fully saturated rings. The number of hydrogen-bond donors (Lipinski definition) is 2. The van der Waals surface area contributed by atoms with Crippen LogP contribution in [-0.2, 0) is 26.9 Å². The van der Waals surface area contributed by atoms with Gasteiger partial charge in [-0.05, 0) is 29.8 Å². The Kier molecular flexibility index (Phi) is 6.98. The smallest absolute Gasteiger partial charge is 0.416 e. The van der Waals surface area contributed by atoms with Gasteiger partial charge in [-0.3, -0.25) is 9.59 Å². The summed E-state index contributed by atoms with van der Waals surface area (Å²) in [5.74, 6) is -1.77. The maximum Gasteiger partial charge on any atom is 0.416 e. The zero-order valence-corrected chi connectivity index (χ0v) is 15.7. The molecule has 2 N–H and O–H groups in total. The molecule has 0 spiro atoms. The molecule has 0 unspecified atom stereocenters. The Morgan fingerprint density at radius 3 is 2.21 bits per heavy atom. The topological polar surface area (TPSA) is 84.5 Å². The molecule has 0 radical (unpaired) electrons. The molecular weight excluding hydrogens is 389 g/mol. The van der Waals surface area contributed by atoms with E-state index in [2.05, 4.69) is 10.6 Å². The summed E-state index contributed by atoms with van der Waals surface area (Å²) in [4.78, 5) is 36.0. The fourth-order valence-corrected chi connectivity index (χ4v) is 2.62. The molecule has 2 aromatic carbocycles. The SMILES string of the molecule is COC(=O)[C@H](Cc1ccc(C(F)(F)F)cc1)NC(=O)c1ccccc1NC(C)=O. The lowest BCUT2D eigenvalue weighted by Gasteiger charge is -2.18. The summed E-state index contributed by atoms with van der Waals surface area (Å²) in [6.45, 7) is 1.29. The second-order valence-electron chi connectivity index (χ2n) is 6.17. The average Bonchev–Trinajstić information content (AvgIpc) is 2.66. The van der Waals surface area contributed by atoms with E-state index in [0.29, 0.717) is 5.56 Å². The van der Waals surface area contributed by atoms with Crippen molar-refractivity contribution in [3.8, 4) is 0 Å². The Morgan fingerprint density at radius 2 is 1.66 bits per heavy atom. The summed E-state index contributed by atoms with van der Waals surface area (Å²) >= 11 is 0. The Morgan fingerprint density at radius 1 is 1.03 bits per heavy atom. The molecule has 9 heteroatoms. The number of ether oxygens (including phenoxy) is 1. The van der Waals surface area contributed by atoms with Crippen LogP contribution in [0.4, 0.5) is 18.9 Å². The van der Waals surface area contributed by atoms with Crippen LogP contribution in [0.5, 0.6) is 0 Å². The van der Waals surface area contributed by atoms with Gasteiger partial charge >= 0.3 is 12.1 Å². The molecule has 1 atom stereocenters. The number of rotatable bonds is 6. The van der Waals surface area contributed by atoms with E-state index in [-0.39, 0.29) is 23.6 Å². The minimum atomic E-state index is -4.47. The molecule has 0 aliphatic carbocycles. The third kappa shape index (κ3) is 6.06. The number of para-hydroxylation sites is 1. The van der Waals surface area contributed by atoms with Crippen molar-refractivity contribution in [3.05, 3.63) is 65.2 Å². The molecule has 2 amide bonds. The normalized spacial score (nSPS) is 12.0. The van der Waals surface area contributed by atoms with Crippen molar-refractivity contribution < 1.29 is 32.3 Å². The first-order chi connectivity index (χ1) is 13.6. The van der Waals surface area contributed by atoms with Gasteiger partial charge in [-0.15, -0.1) is 0 Å². The maximum absolute atomic E-state index is 12.7. The zero-order valence-electron chi connectivity index (χ0n) is 15.7. The number of hydrogen-bond acceptors (Lipinski definition) is 4. The number of carbonyl (C=O) groups is 3. The van der Waals surface area contributed by atoms with Crippen molar-refractivity contribution in [3.63, 3.8) is 0 Å². The van der Waals surface area contributed by atoms with Crippen LogP contribution in [0, 0.1) is 0 Å². The van der Waals surface area contributed by atoms with Gasteiger partial charge in [0.1, 0.15) is 6.04 Å². The number of halogens is 3. The van der Waals surface area contributed by atoms with Crippen LogP contribution in [0.2, 0.25) is 0 Å². The highest BCUT2D eigenvalue weighted by atomic mass is 19.4. The van der Waals surface area contributed by atoms with Gasteiger partial charge in [0.15, 0.2) is 0 Å². The number of carbonyl (C=O) groups excluding carboxylic acids is 3. The summed E-state index contributed by atoms with van der Waals surface area (Å²) < 4.78 is 42.8. The number of amides is 2. The summed E-state index contributed by atoms with van der Waals surface area (Å²) in [5, 5.41) is 5.02. The Bertz CT molecular complexity index is 895. The summed E-state index contributed by atoms with van der Waals surface area (Å²) in [5.41, 5.74) is -0.0207. The van der Waals surface area contributed by atoms with Crippen molar-refractivity contribution in [2.45, 2.75) is 25.6 Å². The number of methoxy groups -OCH3 is 1. The van der Waals surface area contributed by atoms with Gasteiger partial charge in [0.25, 0.3) is 5.91 Å². The maximum atomic E-state index is 12.7. The molecule has 2 rings (SSSR count). The second kappa shape index (κ2) is 9.22. The van der Waals surface area contributed by atoms with Crippen molar-refractivity contribution in [2.75, 3.05) is 12.4 Å². The van der Waals surface area contributed by atoms with Crippen LogP contribution >= 0.6 is 0 Å². The molecule has 0 bridgehead atoms. The first-order valence-electron chi connectivity index (χ1n) is 8.53. The summed E-state index contributed by atoms with van der Waals surface area (Å²) in [6.07, 6.45) is -4.54. The van der Waals surface area contributed by atoms with Gasteiger partial charge < -0.3 is 15.4 Å². The third-order valence-electron chi connectivity index (χ3n) is 3.99. The van der Waals surface area contributed by atoms with Crippen LogP contribution in [0.15, 0.2) is 48.5 Å². The Labute approximate surface area is 165 Å². The molecule has 154 valence electrons. The van der Waals surface area contributed by atoms with Crippen molar-refractivity contribution in [1.82, 2.24) is 5.32 Å². The first-order valence-corrected chi connectivity index (χ1v) is 8.53. The monoisotopic (exact) mass is 408 g/mol. The van der Waals surface area contributed by atoms with Gasteiger partial charge in [0.2, 0.25) is 5.91 Å². The number of benzene rings is 2.